The maximum Gasteiger partial charge on any atom is 0.107 e. The minimum atomic E-state index is 0.440. The molecule has 1 heterocycles. The third kappa shape index (κ3) is 2.29. The molecule has 15 heavy (non-hydrogen) atoms. The van der Waals surface area contributed by atoms with Crippen molar-refractivity contribution in [3.63, 3.8) is 0 Å². The second kappa shape index (κ2) is 4.62. The van der Waals surface area contributed by atoms with Crippen molar-refractivity contribution in [2.45, 2.75) is 19.3 Å². The van der Waals surface area contributed by atoms with Gasteiger partial charge in [-0.1, -0.05) is 6.08 Å². The standard InChI is InChI=1S/C12H12BrNO/c13-12-10(3-1-2-4-11(12)15)9-5-7-14-8-6-9/h3,5-8,15H,1-2,4H2. The molecule has 1 aromatic heterocycles. The lowest BCUT2D eigenvalue weighted by atomic mass is 10.1. The van der Waals surface area contributed by atoms with Gasteiger partial charge in [0.2, 0.25) is 0 Å². The van der Waals surface area contributed by atoms with E-state index in [1.165, 1.54) is 0 Å². The molecule has 2 rings (SSSR count). The van der Waals surface area contributed by atoms with Crippen LogP contribution in [0.25, 0.3) is 5.57 Å². The molecule has 0 bridgehead atoms. The van der Waals surface area contributed by atoms with Crippen LogP contribution in [0.4, 0.5) is 0 Å². The normalized spacial score (nSPS) is 17.3. The number of halogens is 1. The average Bonchev–Trinajstić information content (AvgIpc) is 2.44. The highest BCUT2D eigenvalue weighted by Gasteiger charge is 2.13. The predicted octanol–water partition coefficient (Wildman–Crippen LogP) is 3.81. The summed E-state index contributed by atoms with van der Waals surface area (Å²) in [5, 5.41) is 9.77. The molecule has 0 aliphatic heterocycles. The lowest BCUT2D eigenvalue weighted by molar-refractivity contribution is 0.385. The van der Waals surface area contributed by atoms with E-state index >= 15 is 0 Å². The van der Waals surface area contributed by atoms with Gasteiger partial charge in [-0.25, -0.2) is 0 Å². The summed E-state index contributed by atoms with van der Waals surface area (Å²) >= 11 is 3.45. The van der Waals surface area contributed by atoms with Gasteiger partial charge in [0.25, 0.3) is 0 Å². The minimum absolute atomic E-state index is 0.440. The SMILES string of the molecule is OC1=C(Br)C(c2ccncc2)=CCCC1. The number of nitrogens with zero attached hydrogens (tertiary/aromatic N) is 1. The van der Waals surface area contributed by atoms with Crippen molar-refractivity contribution in [3.8, 4) is 0 Å². The molecule has 0 fully saturated rings. The molecule has 0 saturated carbocycles. The molecule has 0 radical (unpaired) electrons. The summed E-state index contributed by atoms with van der Waals surface area (Å²) in [6, 6.07) is 3.90. The molecule has 78 valence electrons. The number of pyridine rings is 1. The van der Waals surface area contributed by atoms with Crippen LogP contribution in [-0.2, 0) is 0 Å². The van der Waals surface area contributed by atoms with Crippen molar-refractivity contribution < 1.29 is 5.11 Å². The van der Waals surface area contributed by atoms with Gasteiger partial charge in [0.15, 0.2) is 0 Å². The fraction of sp³-hybridized carbons (Fsp3) is 0.250. The van der Waals surface area contributed by atoms with Gasteiger partial charge in [-0.3, -0.25) is 4.98 Å². The van der Waals surface area contributed by atoms with E-state index in [0.717, 1.165) is 34.9 Å². The lowest BCUT2D eigenvalue weighted by Gasteiger charge is -2.06. The third-order valence-electron chi connectivity index (χ3n) is 2.45. The topological polar surface area (TPSA) is 33.1 Å². The van der Waals surface area contributed by atoms with Crippen LogP contribution in [0.5, 0.6) is 0 Å². The number of hydrogen-bond acceptors (Lipinski definition) is 2. The van der Waals surface area contributed by atoms with E-state index in [-0.39, 0.29) is 0 Å². The quantitative estimate of drug-likeness (QED) is 0.838. The Bertz CT molecular complexity index is 409. The molecule has 1 N–H and O–H groups in total. The summed E-state index contributed by atoms with van der Waals surface area (Å²) in [6.45, 7) is 0. The number of allylic oxidation sites excluding steroid dienone is 4. The Labute approximate surface area is 97.5 Å². The maximum atomic E-state index is 9.77. The molecular formula is C12H12BrNO. The molecule has 0 saturated heterocycles. The van der Waals surface area contributed by atoms with Gasteiger partial charge in [-0.05, 0) is 52.0 Å². The largest absolute Gasteiger partial charge is 0.511 e. The molecule has 1 aliphatic rings. The van der Waals surface area contributed by atoms with Crippen LogP contribution in [0, 0.1) is 0 Å². The van der Waals surface area contributed by atoms with E-state index in [1.54, 1.807) is 12.4 Å². The summed E-state index contributed by atoms with van der Waals surface area (Å²) in [4.78, 5) is 3.99. The van der Waals surface area contributed by atoms with Crippen molar-refractivity contribution in [1.82, 2.24) is 4.98 Å². The van der Waals surface area contributed by atoms with Gasteiger partial charge >= 0.3 is 0 Å². The molecular weight excluding hydrogens is 254 g/mol. The van der Waals surface area contributed by atoms with Gasteiger partial charge in [-0.15, -0.1) is 0 Å². The molecule has 0 unspecified atom stereocenters. The summed E-state index contributed by atoms with van der Waals surface area (Å²) in [5.74, 6) is 0.440. The van der Waals surface area contributed by atoms with Crippen molar-refractivity contribution in [3.05, 3.63) is 46.4 Å². The highest BCUT2D eigenvalue weighted by Crippen LogP contribution is 2.33. The zero-order chi connectivity index (χ0) is 10.7. The smallest absolute Gasteiger partial charge is 0.107 e. The van der Waals surface area contributed by atoms with E-state index in [1.807, 2.05) is 12.1 Å². The summed E-state index contributed by atoms with van der Waals surface area (Å²) in [5.41, 5.74) is 2.15. The Morgan fingerprint density at radius 2 is 2.00 bits per heavy atom. The van der Waals surface area contributed by atoms with E-state index in [0.29, 0.717) is 5.76 Å². The first-order chi connectivity index (χ1) is 7.29. The van der Waals surface area contributed by atoms with Gasteiger partial charge in [0.1, 0.15) is 5.76 Å². The van der Waals surface area contributed by atoms with Crippen LogP contribution in [0.2, 0.25) is 0 Å². The number of rotatable bonds is 1. The fourth-order valence-electron chi connectivity index (χ4n) is 1.65. The Kier molecular flexibility index (Phi) is 3.21. The van der Waals surface area contributed by atoms with E-state index < -0.39 is 0 Å². The number of aliphatic hydroxyl groups excluding tert-OH is 1. The van der Waals surface area contributed by atoms with Crippen LogP contribution in [0.3, 0.4) is 0 Å². The Balaban J connectivity index is 2.43. The Hall–Kier alpha value is -1.09. The average molecular weight is 266 g/mol. The van der Waals surface area contributed by atoms with Gasteiger partial charge in [-0.2, -0.15) is 0 Å². The molecule has 0 atom stereocenters. The zero-order valence-electron chi connectivity index (χ0n) is 8.28. The monoisotopic (exact) mass is 265 g/mol. The van der Waals surface area contributed by atoms with Crippen molar-refractivity contribution >= 4 is 21.5 Å². The van der Waals surface area contributed by atoms with Crippen molar-refractivity contribution in [2.75, 3.05) is 0 Å². The van der Waals surface area contributed by atoms with E-state index in [4.69, 9.17) is 0 Å². The van der Waals surface area contributed by atoms with Gasteiger partial charge < -0.3 is 5.11 Å². The highest BCUT2D eigenvalue weighted by atomic mass is 79.9. The first kappa shape index (κ1) is 10.4. The van der Waals surface area contributed by atoms with Crippen LogP contribution < -0.4 is 0 Å². The number of aromatic nitrogens is 1. The van der Waals surface area contributed by atoms with Crippen LogP contribution in [0.15, 0.2) is 40.8 Å². The molecule has 2 nitrogen and oxygen atoms in total. The highest BCUT2D eigenvalue weighted by molar-refractivity contribution is 9.12. The number of aliphatic hydroxyl groups is 1. The van der Waals surface area contributed by atoms with Crippen LogP contribution in [0.1, 0.15) is 24.8 Å². The summed E-state index contributed by atoms with van der Waals surface area (Å²) in [6.07, 6.45) is 8.41. The van der Waals surface area contributed by atoms with Crippen LogP contribution >= 0.6 is 15.9 Å². The molecule has 1 aliphatic carbocycles. The van der Waals surface area contributed by atoms with Gasteiger partial charge in [0.05, 0.1) is 4.48 Å². The minimum Gasteiger partial charge on any atom is -0.511 e. The van der Waals surface area contributed by atoms with E-state index in [2.05, 4.69) is 27.0 Å². The van der Waals surface area contributed by atoms with Crippen LogP contribution in [-0.4, -0.2) is 10.1 Å². The summed E-state index contributed by atoms with van der Waals surface area (Å²) in [7, 11) is 0. The predicted molar refractivity (Wildman–Crippen MR) is 64.6 cm³/mol. The Morgan fingerprint density at radius 1 is 1.27 bits per heavy atom. The van der Waals surface area contributed by atoms with E-state index in [9.17, 15) is 5.11 Å². The molecule has 0 amide bonds. The number of hydrogen-bond donors (Lipinski definition) is 1. The molecule has 0 spiro atoms. The van der Waals surface area contributed by atoms with Crippen molar-refractivity contribution in [1.29, 1.82) is 0 Å². The summed E-state index contributed by atoms with van der Waals surface area (Å²) < 4.78 is 0.811. The fourth-order valence-corrected chi connectivity index (χ4v) is 2.24. The molecule has 1 aromatic rings. The molecule has 3 heteroatoms. The van der Waals surface area contributed by atoms with Gasteiger partial charge in [0, 0.05) is 18.8 Å². The first-order valence-electron chi connectivity index (χ1n) is 4.97. The second-order valence-corrected chi connectivity index (χ2v) is 4.30. The Morgan fingerprint density at radius 3 is 2.73 bits per heavy atom. The lowest BCUT2D eigenvalue weighted by Crippen LogP contribution is -1.88. The maximum absolute atomic E-state index is 9.77. The second-order valence-electron chi connectivity index (χ2n) is 3.51. The third-order valence-corrected chi connectivity index (χ3v) is 3.33. The zero-order valence-corrected chi connectivity index (χ0v) is 9.87. The first-order valence-corrected chi connectivity index (χ1v) is 5.77. The molecule has 0 aromatic carbocycles. The van der Waals surface area contributed by atoms with Crippen molar-refractivity contribution in [2.24, 2.45) is 0 Å².